The maximum atomic E-state index is 10.6. The Morgan fingerprint density at radius 1 is 1.23 bits per heavy atom. The molecule has 2 aromatic heterocycles. The van der Waals surface area contributed by atoms with Crippen molar-refractivity contribution in [2.45, 2.75) is 50.2 Å². The van der Waals surface area contributed by atoms with E-state index < -0.39 is 12.1 Å². The van der Waals surface area contributed by atoms with E-state index in [0.29, 0.717) is 30.6 Å². The Kier molecular flexibility index (Phi) is 9.30. The number of nitrogens with zero attached hydrogens (tertiary/aromatic N) is 6. The molecule has 0 aliphatic carbocycles. The fourth-order valence-electron chi connectivity index (χ4n) is 4.83. The second kappa shape index (κ2) is 12.7. The summed E-state index contributed by atoms with van der Waals surface area (Å²) in [5.74, 6) is -1.70. The predicted octanol–water partition coefficient (Wildman–Crippen LogP) is 2.85. The number of hydrogen-bond donors (Lipinski definition) is 3. The first kappa shape index (κ1) is 28.6. The maximum Gasteiger partial charge on any atom is 0.490 e. The highest BCUT2D eigenvalue weighted by Crippen LogP contribution is 2.27. The molecule has 2 fully saturated rings. The van der Waals surface area contributed by atoms with Gasteiger partial charge in [0.15, 0.2) is 0 Å². The van der Waals surface area contributed by atoms with E-state index in [9.17, 15) is 13.2 Å². The van der Waals surface area contributed by atoms with Crippen LogP contribution in [0.25, 0.3) is 0 Å². The van der Waals surface area contributed by atoms with Crippen LogP contribution in [0.5, 0.6) is 0 Å². The second-order valence-corrected chi connectivity index (χ2v) is 9.84. The average molecular weight is 571 g/mol. The van der Waals surface area contributed by atoms with Gasteiger partial charge in [0.1, 0.15) is 0 Å². The Morgan fingerprint density at radius 3 is 2.49 bits per heavy atom. The number of benzene rings is 1. The van der Waals surface area contributed by atoms with Crippen molar-refractivity contribution in [3.63, 3.8) is 0 Å². The molecule has 11 nitrogen and oxygen atoms in total. The summed E-state index contributed by atoms with van der Waals surface area (Å²) in [6.07, 6.45) is 1.91. The number of anilines is 2. The van der Waals surface area contributed by atoms with Crippen LogP contribution in [0.15, 0.2) is 42.7 Å². The van der Waals surface area contributed by atoms with Gasteiger partial charge in [-0.25, -0.2) is 9.89 Å². The molecule has 2 saturated heterocycles. The van der Waals surface area contributed by atoms with Crippen molar-refractivity contribution in [3.8, 4) is 0 Å². The van der Waals surface area contributed by atoms with Gasteiger partial charge in [0.25, 0.3) is 0 Å². The molecule has 0 saturated carbocycles. The van der Waals surface area contributed by atoms with Crippen LogP contribution < -0.4 is 10.6 Å². The number of H-pyrrole nitrogens is 1. The van der Waals surface area contributed by atoms with E-state index in [1.54, 1.807) is 0 Å². The zero-order valence-corrected chi connectivity index (χ0v) is 21.7. The number of nitrogen functional groups attached to an aromatic ring is 1. The summed E-state index contributed by atoms with van der Waals surface area (Å²) < 4.78 is 40.0. The van der Waals surface area contributed by atoms with E-state index >= 15 is 0 Å². The Labute approximate surface area is 227 Å². The first-order chi connectivity index (χ1) is 18.6. The van der Waals surface area contributed by atoms with Gasteiger partial charge in [-0.3, -0.25) is 9.58 Å². The first-order valence-corrected chi connectivity index (χ1v) is 12.8. The summed E-state index contributed by atoms with van der Waals surface area (Å²) in [4.78, 5) is 18.1. The minimum absolute atomic E-state index is 0.127. The molecule has 0 unspecified atom stereocenters. The number of morpholine rings is 1. The van der Waals surface area contributed by atoms with Gasteiger partial charge in [-0.2, -0.15) is 23.3 Å². The van der Waals surface area contributed by atoms with E-state index in [4.69, 9.17) is 32.0 Å². The smallest absolute Gasteiger partial charge is 0.475 e. The zero-order valence-electron chi connectivity index (χ0n) is 21.0. The molecule has 0 spiro atoms. The third kappa shape index (κ3) is 8.07. The van der Waals surface area contributed by atoms with Gasteiger partial charge in [-0.1, -0.05) is 23.7 Å². The molecule has 5 rings (SSSR count). The third-order valence-corrected chi connectivity index (χ3v) is 6.94. The van der Waals surface area contributed by atoms with E-state index in [2.05, 4.69) is 42.2 Å². The lowest BCUT2D eigenvalue weighted by molar-refractivity contribution is -0.192. The van der Waals surface area contributed by atoms with Crippen LogP contribution in [0.1, 0.15) is 18.4 Å². The molecule has 3 aromatic rings. The van der Waals surface area contributed by atoms with Crippen LogP contribution in [0.2, 0.25) is 5.02 Å². The van der Waals surface area contributed by atoms with Gasteiger partial charge in [0.2, 0.25) is 11.9 Å². The molecule has 0 bridgehead atoms. The van der Waals surface area contributed by atoms with Crippen LogP contribution in [-0.4, -0.2) is 91.5 Å². The molecule has 4 N–H and O–H groups in total. The van der Waals surface area contributed by atoms with E-state index in [0.717, 1.165) is 50.5 Å². The molecule has 4 heterocycles. The molecule has 15 heteroatoms. The largest absolute Gasteiger partial charge is 0.490 e. The number of carbonyl (C=O) groups is 1. The highest BCUT2D eigenvalue weighted by molar-refractivity contribution is 6.30. The van der Waals surface area contributed by atoms with Crippen molar-refractivity contribution in [1.82, 2.24) is 29.9 Å². The number of aromatic amines is 1. The zero-order chi connectivity index (χ0) is 28.0. The normalized spacial score (nSPS) is 20.9. The summed E-state index contributed by atoms with van der Waals surface area (Å²) in [7, 11) is 0. The van der Waals surface area contributed by atoms with Gasteiger partial charge in [-0.15, -0.1) is 5.10 Å². The van der Waals surface area contributed by atoms with Crippen molar-refractivity contribution >= 4 is 29.5 Å². The number of halogens is 4. The quantitative estimate of drug-likeness (QED) is 0.408. The number of aromatic nitrogens is 5. The minimum Gasteiger partial charge on any atom is -0.475 e. The number of piperidine rings is 1. The van der Waals surface area contributed by atoms with Gasteiger partial charge in [-0.05, 0) is 43.0 Å². The van der Waals surface area contributed by atoms with Crippen LogP contribution in [0, 0.1) is 0 Å². The summed E-state index contributed by atoms with van der Waals surface area (Å²) in [6.45, 7) is 4.21. The number of rotatable bonds is 6. The number of alkyl halides is 3. The van der Waals surface area contributed by atoms with Gasteiger partial charge in [0.05, 0.1) is 19.3 Å². The van der Waals surface area contributed by atoms with Crippen LogP contribution in [-0.2, 0) is 22.5 Å². The van der Waals surface area contributed by atoms with Gasteiger partial charge >= 0.3 is 12.1 Å². The Bertz CT molecular complexity index is 1180. The predicted molar refractivity (Wildman–Crippen MR) is 137 cm³/mol. The summed E-state index contributed by atoms with van der Waals surface area (Å²) in [6, 6.07) is 10.9. The number of aliphatic carboxylic acids is 1. The van der Waals surface area contributed by atoms with Crippen molar-refractivity contribution in [2.24, 2.45) is 0 Å². The number of carboxylic acids is 1. The van der Waals surface area contributed by atoms with Gasteiger partial charge in [0, 0.05) is 49.1 Å². The molecule has 2 aliphatic rings. The molecule has 2 atom stereocenters. The molecule has 39 heavy (non-hydrogen) atoms. The molecule has 2 aliphatic heterocycles. The number of nitrogens with two attached hydrogens (primary N) is 1. The lowest BCUT2D eigenvalue weighted by Gasteiger charge is -2.46. The van der Waals surface area contributed by atoms with Crippen LogP contribution in [0.3, 0.4) is 0 Å². The SMILES string of the molecule is Nc1nc(N2CCC(N3C[C@H](Cn4cccn4)OC[C@@H]3Cc3ccc(Cl)cc3)CC2)n[nH]1.O=C(O)C(F)(F)F. The summed E-state index contributed by atoms with van der Waals surface area (Å²) >= 11 is 6.09. The lowest BCUT2D eigenvalue weighted by atomic mass is 9.96. The fraction of sp³-hybridized carbons (Fsp3) is 0.500. The van der Waals surface area contributed by atoms with Crippen molar-refractivity contribution in [2.75, 3.05) is 36.9 Å². The third-order valence-electron chi connectivity index (χ3n) is 6.69. The van der Waals surface area contributed by atoms with E-state index in [-0.39, 0.29) is 6.10 Å². The Hall–Kier alpha value is -3.36. The maximum absolute atomic E-state index is 10.6. The van der Waals surface area contributed by atoms with Crippen molar-refractivity contribution in [3.05, 3.63) is 53.3 Å². The second-order valence-electron chi connectivity index (χ2n) is 9.41. The fourth-order valence-corrected chi connectivity index (χ4v) is 4.95. The first-order valence-electron chi connectivity index (χ1n) is 12.4. The van der Waals surface area contributed by atoms with Crippen molar-refractivity contribution in [1.29, 1.82) is 0 Å². The molecule has 212 valence electrons. The average Bonchev–Trinajstić information content (AvgIpc) is 3.58. The molecular weight excluding hydrogens is 541 g/mol. The standard InChI is InChI=1S/C22H29ClN8O.C2HF3O2/c23-17-4-2-16(3-5-17)12-19-15-32-20(13-30-9-1-8-25-30)14-31(19)18-6-10-29(11-7-18)22-26-21(24)27-28-22;3-2(4,5)1(6)7/h1-5,8-9,18-20H,6-7,10-15H2,(H3,24,26,27,28);(H,6,7)/t19-,20-;/m0./s1. The topological polar surface area (TPSA) is 138 Å². The summed E-state index contributed by atoms with van der Waals surface area (Å²) in [5, 5.41) is 19.2. The Balaban J connectivity index is 0.000000448. The van der Waals surface area contributed by atoms with Crippen LogP contribution in [0.4, 0.5) is 25.1 Å². The monoisotopic (exact) mass is 570 g/mol. The molecule has 1 aromatic carbocycles. The molecule has 0 radical (unpaired) electrons. The van der Waals surface area contributed by atoms with Crippen LogP contribution >= 0.6 is 11.6 Å². The Morgan fingerprint density at radius 2 is 1.92 bits per heavy atom. The number of carboxylic acid groups (broad SMARTS) is 1. The highest BCUT2D eigenvalue weighted by Gasteiger charge is 2.38. The van der Waals surface area contributed by atoms with E-state index in [1.165, 1.54) is 5.56 Å². The van der Waals surface area contributed by atoms with Crippen molar-refractivity contribution < 1.29 is 27.8 Å². The molecule has 0 amide bonds. The molecular formula is C24H30ClF3N8O3. The summed E-state index contributed by atoms with van der Waals surface area (Å²) in [5.41, 5.74) is 6.99. The number of nitrogens with one attached hydrogen (secondary N) is 1. The number of hydrogen-bond acceptors (Lipinski definition) is 8. The van der Waals surface area contributed by atoms with Gasteiger partial charge < -0.3 is 20.5 Å². The lowest BCUT2D eigenvalue weighted by Crippen LogP contribution is -2.57. The minimum atomic E-state index is -5.08. The van der Waals surface area contributed by atoms with E-state index in [1.807, 2.05) is 35.3 Å². The number of ether oxygens (including phenoxy) is 1. The highest BCUT2D eigenvalue weighted by atomic mass is 35.5.